The smallest absolute Gasteiger partial charge is 0.222 e. The van der Waals surface area contributed by atoms with Crippen LogP contribution in [-0.2, 0) is 11.2 Å². The van der Waals surface area contributed by atoms with Crippen LogP contribution in [0.1, 0.15) is 24.0 Å². The van der Waals surface area contributed by atoms with E-state index >= 15 is 0 Å². The van der Waals surface area contributed by atoms with Gasteiger partial charge in [0.2, 0.25) is 5.91 Å². The second-order valence-corrected chi connectivity index (χ2v) is 7.78. The maximum absolute atomic E-state index is 12.6. The Morgan fingerprint density at radius 2 is 1.96 bits per heavy atom. The van der Waals surface area contributed by atoms with Crippen molar-refractivity contribution in [2.75, 3.05) is 33.2 Å². The summed E-state index contributed by atoms with van der Waals surface area (Å²) >= 11 is 0. The van der Waals surface area contributed by atoms with Gasteiger partial charge in [0.1, 0.15) is 0 Å². The highest BCUT2D eigenvalue weighted by molar-refractivity contribution is 5.90. The molecule has 3 aromatic rings. The van der Waals surface area contributed by atoms with Crippen molar-refractivity contribution < 1.29 is 4.79 Å². The second kappa shape index (κ2) is 8.15. The largest absolute Gasteiger partial charge is 0.353 e. The molecule has 28 heavy (non-hydrogen) atoms. The lowest BCUT2D eigenvalue weighted by Gasteiger charge is -2.32. The zero-order valence-corrected chi connectivity index (χ0v) is 16.7. The average Bonchev–Trinajstić information content (AvgIpc) is 3.07. The molecule has 2 aromatic heterocycles. The van der Waals surface area contributed by atoms with E-state index in [0.29, 0.717) is 6.42 Å². The number of benzene rings is 1. The standard InChI is InChI=1S/C23H28N4O/c1-17-9-10-20-19(16-17)18(23(25-20)21-7-3-4-11-24-21)6-5-8-22(28)27-14-12-26(2)13-15-27/h3-4,7,9-11,16,25H,5-6,8,12-15H2,1-2H3. The molecular weight excluding hydrogens is 348 g/mol. The fraction of sp³-hybridized carbons (Fsp3) is 0.391. The fourth-order valence-corrected chi connectivity index (χ4v) is 3.98. The van der Waals surface area contributed by atoms with Crippen molar-refractivity contribution in [3.05, 3.63) is 53.7 Å². The van der Waals surface area contributed by atoms with E-state index in [4.69, 9.17) is 0 Å². The Kier molecular flexibility index (Phi) is 5.44. The number of fused-ring (bicyclic) bond motifs is 1. The van der Waals surface area contributed by atoms with Crippen molar-refractivity contribution in [2.45, 2.75) is 26.2 Å². The summed E-state index contributed by atoms with van der Waals surface area (Å²) in [6.45, 7) is 5.75. The molecule has 1 fully saturated rings. The van der Waals surface area contributed by atoms with Gasteiger partial charge < -0.3 is 14.8 Å². The lowest BCUT2D eigenvalue weighted by molar-refractivity contribution is -0.132. The lowest BCUT2D eigenvalue weighted by Crippen LogP contribution is -2.47. The van der Waals surface area contributed by atoms with Crippen molar-refractivity contribution in [1.29, 1.82) is 0 Å². The number of nitrogens with one attached hydrogen (secondary N) is 1. The van der Waals surface area contributed by atoms with Gasteiger partial charge in [-0.3, -0.25) is 9.78 Å². The van der Waals surface area contributed by atoms with Gasteiger partial charge in [0, 0.05) is 49.7 Å². The van der Waals surface area contributed by atoms with Crippen LogP contribution in [0, 0.1) is 6.92 Å². The van der Waals surface area contributed by atoms with E-state index in [9.17, 15) is 4.79 Å². The molecular formula is C23H28N4O. The molecule has 0 atom stereocenters. The summed E-state index contributed by atoms with van der Waals surface area (Å²) in [5.41, 5.74) is 5.68. The Labute approximate surface area is 166 Å². The third-order valence-corrected chi connectivity index (χ3v) is 5.66. The molecule has 5 heteroatoms. The van der Waals surface area contributed by atoms with E-state index < -0.39 is 0 Å². The first-order valence-corrected chi connectivity index (χ1v) is 10.1. The molecule has 0 radical (unpaired) electrons. The van der Waals surface area contributed by atoms with Gasteiger partial charge in [0.15, 0.2) is 0 Å². The number of aryl methyl sites for hydroxylation is 2. The first-order valence-electron chi connectivity index (χ1n) is 10.1. The number of hydrogen-bond donors (Lipinski definition) is 1. The number of likely N-dealkylation sites (N-methyl/N-ethyl adjacent to an activating group) is 1. The summed E-state index contributed by atoms with van der Waals surface area (Å²) in [6, 6.07) is 12.5. The number of amides is 1. The van der Waals surface area contributed by atoms with Gasteiger partial charge in [0.05, 0.1) is 11.4 Å². The van der Waals surface area contributed by atoms with E-state index in [1.165, 1.54) is 16.5 Å². The summed E-state index contributed by atoms with van der Waals surface area (Å²) in [7, 11) is 2.11. The molecule has 0 aliphatic carbocycles. The molecule has 1 aromatic carbocycles. The summed E-state index contributed by atoms with van der Waals surface area (Å²) in [4.78, 5) is 25.0. The van der Waals surface area contributed by atoms with Gasteiger partial charge in [-0.1, -0.05) is 17.7 Å². The number of pyridine rings is 1. The molecule has 1 saturated heterocycles. The topological polar surface area (TPSA) is 52.2 Å². The highest BCUT2D eigenvalue weighted by Crippen LogP contribution is 2.31. The van der Waals surface area contributed by atoms with E-state index in [1.807, 2.05) is 29.3 Å². The van der Waals surface area contributed by atoms with Gasteiger partial charge in [-0.15, -0.1) is 0 Å². The molecule has 0 unspecified atom stereocenters. The third-order valence-electron chi connectivity index (χ3n) is 5.66. The molecule has 1 N–H and O–H groups in total. The zero-order valence-electron chi connectivity index (χ0n) is 16.7. The first kappa shape index (κ1) is 18.7. The number of aromatic nitrogens is 2. The van der Waals surface area contributed by atoms with Crippen LogP contribution in [0.25, 0.3) is 22.3 Å². The van der Waals surface area contributed by atoms with E-state index in [1.54, 1.807) is 0 Å². The van der Waals surface area contributed by atoms with Crippen molar-refractivity contribution in [3.63, 3.8) is 0 Å². The van der Waals surface area contributed by atoms with Gasteiger partial charge in [-0.2, -0.15) is 0 Å². The Bertz CT molecular complexity index is 955. The summed E-state index contributed by atoms with van der Waals surface area (Å²) < 4.78 is 0. The molecule has 1 aliphatic rings. The van der Waals surface area contributed by atoms with Gasteiger partial charge >= 0.3 is 0 Å². The minimum Gasteiger partial charge on any atom is -0.353 e. The molecule has 0 saturated carbocycles. The van der Waals surface area contributed by atoms with Crippen LogP contribution in [0.15, 0.2) is 42.6 Å². The van der Waals surface area contributed by atoms with Crippen molar-refractivity contribution in [1.82, 2.24) is 19.8 Å². The molecule has 1 aliphatic heterocycles. The minimum atomic E-state index is 0.281. The van der Waals surface area contributed by atoms with Gasteiger partial charge in [-0.05, 0) is 56.6 Å². The highest BCUT2D eigenvalue weighted by Gasteiger charge is 2.19. The number of piperazine rings is 1. The monoisotopic (exact) mass is 376 g/mol. The van der Waals surface area contributed by atoms with Crippen LogP contribution in [-0.4, -0.2) is 58.9 Å². The molecule has 146 valence electrons. The van der Waals surface area contributed by atoms with Gasteiger partial charge in [-0.25, -0.2) is 0 Å². The molecule has 5 nitrogen and oxygen atoms in total. The molecule has 0 bridgehead atoms. The molecule has 4 rings (SSSR count). The minimum absolute atomic E-state index is 0.281. The maximum atomic E-state index is 12.6. The van der Waals surface area contributed by atoms with Gasteiger partial charge in [0.25, 0.3) is 0 Å². The van der Waals surface area contributed by atoms with E-state index in [-0.39, 0.29) is 5.91 Å². The predicted molar refractivity (Wildman–Crippen MR) is 113 cm³/mol. The number of carbonyl (C=O) groups is 1. The number of rotatable bonds is 5. The third kappa shape index (κ3) is 3.94. The van der Waals surface area contributed by atoms with Crippen LogP contribution in [0.4, 0.5) is 0 Å². The predicted octanol–water partition coefficient (Wildman–Crippen LogP) is 3.64. The summed E-state index contributed by atoms with van der Waals surface area (Å²) in [6.07, 6.45) is 4.15. The normalized spacial score (nSPS) is 15.3. The van der Waals surface area contributed by atoms with Crippen molar-refractivity contribution >= 4 is 16.8 Å². The van der Waals surface area contributed by atoms with E-state index in [0.717, 1.165) is 55.9 Å². The Balaban J connectivity index is 1.52. The number of nitrogens with zero attached hydrogens (tertiary/aromatic N) is 3. The molecule has 3 heterocycles. The quantitative estimate of drug-likeness (QED) is 0.740. The summed E-state index contributed by atoms with van der Waals surface area (Å²) in [5.74, 6) is 0.281. The maximum Gasteiger partial charge on any atom is 0.222 e. The van der Waals surface area contributed by atoms with Crippen LogP contribution in [0.3, 0.4) is 0 Å². The number of carbonyl (C=O) groups excluding carboxylic acids is 1. The Hall–Kier alpha value is -2.66. The number of aromatic amines is 1. The highest BCUT2D eigenvalue weighted by atomic mass is 16.2. The van der Waals surface area contributed by atoms with E-state index in [2.05, 4.69) is 47.0 Å². The SMILES string of the molecule is Cc1ccc2[nH]c(-c3ccccn3)c(CCCC(=O)N3CCN(C)CC3)c2c1. The number of H-pyrrole nitrogens is 1. The zero-order chi connectivity index (χ0) is 19.5. The average molecular weight is 377 g/mol. The lowest BCUT2D eigenvalue weighted by atomic mass is 10.0. The number of hydrogen-bond acceptors (Lipinski definition) is 3. The van der Waals surface area contributed by atoms with Crippen molar-refractivity contribution in [3.8, 4) is 11.4 Å². The molecule has 0 spiro atoms. The van der Waals surface area contributed by atoms with Crippen LogP contribution in [0.2, 0.25) is 0 Å². The Morgan fingerprint density at radius 1 is 1.14 bits per heavy atom. The van der Waals surface area contributed by atoms with Crippen molar-refractivity contribution in [2.24, 2.45) is 0 Å². The van der Waals surface area contributed by atoms with Crippen LogP contribution >= 0.6 is 0 Å². The Morgan fingerprint density at radius 3 is 2.71 bits per heavy atom. The van der Waals surface area contributed by atoms with Crippen LogP contribution in [0.5, 0.6) is 0 Å². The summed E-state index contributed by atoms with van der Waals surface area (Å²) in [5, 5.41) is 1.24. The second-order valence-electron chi connectivity index (χ2n) is 7.78. The fourth-order valence-electron chi connectivity index (χ4n) is 3.98. The molecule has 1 amide bonds. The first-order chi connectivity index (χ1) is 13.6. The van der Waals surface area contributed by atoms with Crippen LogP contribution < -0.4 is 0 Å².